The van der Waals surface area contributed by atoms with Crippen LogP contribution in [0.15, 0.2) is 36.4 Å². The molecule has 2 fully saturated rings. The molecule has 2 heterocycles. The minimum atomic E-state index is -0.196. The van der Waals surface area contributed by atoms with Gasteiger partial charge in [0.05, 0.1) is 35.5 Å². The SMILES string of the molecule is Cc1nn(Cc2ccccc2Cl)c(C)c1N1C(=O)[C@@H]2[C@H](C1=O)[C@H]1C=C[C@H]2C1. The van der Waals surface area contributed by atoms with E-state index in [0.29, 0.717) is 22.9 Å². The lowest BCUT2D eigenvalue weighted by molar-refractivity contribution is -0.123. The van der Waals surface area contributed by atoms with Crippen LogP contribution in [0.3, 0.4) is 0 Å². The summed E-state index contributed by atoms with van der Waals surface area (Å²) in [6.45, 7) is 4.27. The first-order chi connectivity index (χ1) is 13.0. The molecule has 138 valence electrons. The van der Waals surface area contributed by atoms with Crippen molar-refractivity contribution in [2.24, 2.45) is 23.7 Å². The van der Waals surface area contributed by atoms with Gasteiger partial charge in [-0.25, -0.2) is 4.90 Å². The highest BCUT2D eigenvalue weighted by molar-refractivity contribution is 6.31. The molecule has 6 heteroatoms. The number of hydrogen-bond acceptors (Lipinski definition) is 3. The molecule has 0 N–H and O–H groups in total. The number of halogens is 1. The summed E-state index contributed by atoms with van der Waals surface area (Å²) >= 11 is 6.28. The highest BCUT2D eigenvalue weighted by atomic mass is 35.5. The summed E-state index contributed by atoms with van der Waals surface area (Å²) in [7, 11) is 0. The maximum absolute atomic E-state index is 13.1. The Bertz CT molecular complexity index is 979. The van der Waals surface area contributed by atoms with E-state index in [-0.39, 0.29) is 35.5 Å². The lowest BCUT2D eigenvalue weighted by atomic mass is 9.85. The first-order valence-corrected chi connectivity index (χ1v) is 9.68. The Morgan fingerprint density at radius 2 is 1.70 bits per heavy atom. The molecule has 27 heavy (non-hydrogen) atoms. The number of carbonyl (C=O) groups excluding carboxylic acids is 2. The van der Waals surface area contributed by atoms with Crippen molar-refractivity contribution in [1.82, 2.24) is 9.78 Å². The first kappa shape index (κ1) is 16.8. The molecule has 0 spiro atoms. The van der Waals surface area contributed by atoms with Crippen LogP contribution in [0.2, 0.25) is 5.02 Å². The molecule has 0 unspecified atom stereocenters. The first-order valence-electron chi connectivity index (χ1n) is 9.31. The van der Waals surface area contributed by atoms with Crippen molar-refractivity contribution in [3.05, 3.63) is 58.4 Å². The van der Waals surface area contributed by atoms with Gasteiger partial charge in [0.1, 0.15) is 0 Å². The largest absolute Gasteiger partial charge is 0.274 e. The predicted octanol–water partition coefficient (Wildman–Crippen LogP) is 3.51. The van der Waals surface area contributed by atoms with E-state index >= 15 is 0 Å². The smallest absolute Gasteiger partial charge is 0.238 e. The van der Waals surface area contributed by atoms with Gasteiger partial charge in [0, 0.05) is 5.02 Å². The van der Waals surface area contributed by atoms with Crippen LogP contribution < -0.4 is 4.90 Å². The van der Waals surface area contributed by atoms with E-state index in [1.165, 1.54) is 4.90 Å². The van der Waals surface area contributed by atoms with Gasteiger partial charge < -0.3 is 0 Å². The third kappa shape index (κ3) is 2.27. The van der Waals surface area contributed by atoms with Crippen molar-refractivity contribution in [2.45, 2.75) is 26.8 Å². The highest BCUT2D eigenvalue weighted by Gasteiger charge is 2.60. The van der Waals surface area contributed by atoms with Gasteiger partial charge in [-0.05, 0) is 43.7 Å². The Morgan fingerprint density at radius 1 is 1.07 bits per heavy atom. The zero-order valence-electron chi connectivity index (χ0n) is 15.2. The Kier molecular flexibility index (Phi) is 3.60. The molecule has 2 aromatic rings. The summed E-state index contributed by atoms with van der Waals surface area (Å²) in [5.74, 6) is -0.104. The van der Waals surface area contributed by atoms with Crippen molar-refractivity contribution in [2.75, 3.05) is 4.90 Å². The fourth-order valence-electron chi connectivity index (χ4n) is 5.08. The molecule has 5 nitrogen and oxygen atoms in total. The highest BCUT2D eigenvalue weighted by Crippen LogP contribution is 2.53. The van der Waals surface area contributed by atoms with E-state index < -0.39 is 0 Å². The molecular formula is C21H20ClN3O2. The number of rotatable bonds is 3. The number of fused-ring (bicyclic) bond motifs is 5. The number of aryl methyl sites for hydroxylation is 1. The van der Waals surface area contributed by atoms with Gasteiger partial charge in [-0.2, -0.15) is 5.10 Å². The molecule has 0 radical (unpaired) electrons. The second-order valence-electron chi connectivity index (χ2n) is 7.78. The van der Waals surface area contributed by atoms with Crippen LogP contribution in [0.4, 0.5) is 5.69 Å². The maximum Gasteiger partial charge on any atom is 0.238 e. The van der Waals surface area contributed by atoms with Gasteiger partial charge in [-0.1, -0.05) is 42.0 Å². The summed E-state index contributed by atoms with van der Waals surface area (Å²) in [5, 5.41) is 5.28. The summed E-state index contributed by atoms with van der Waals surface area (Å²) in [4.78, 5) is 27.7. The fourth-order valence-corrected chi connectivity index (χ4v) is 5.27. The van der Waals surface area contributed by atoms with Crippen LogP contribution in [-0.4, -0.2) is 21.6 Å². The number of nitrogens with zero attached hydrogens (tertiary/aromatic N) is 3. The van der Waals surface area contributed by atoms with Gasteiger partial charge >= 0.3 is 0 Å². The molecule has 3 aliphatic rings. The van der Waals surface area contributed by atoms with Crippen molar-refractivity contribution in [1.29, 1.82) is 0 Å². The van der Waals surface area contributed by atoms with Gasteiger partial charge in [0.2, 0.25) is 11.8 Å². The number of amides is 2. The average Bonchev–Trinajstić information content (AvgIpc) is 3.37. The van der Waals surface area contributed by atoms with Crippen molar-refractivity contribution in [3.8, 4) is 0 Å². The molecule has 1 aromatic carbocycles. The normalized spacial score (nSPS) is 28.5. The van der Waals surface area contributed by atoms with Crippen LogP contribution in [0.5, 0.6) is 0 Å². The molecule has 4 atom stereocenters. The number of anilines is 1. The van der Waals surface area contributed by atoms with Crippen LogP contribution in [-0.2, 0) is 16.1 Å². The fraction of sp³-hybridized carbons (Fsp3) is 0.381. The number of hydrogen-bond donors (Lipinski definition) is 0. The van der Waals surface area contributed by atoms with Crippen LogP contribution in [0.1, 0.15) is 23.4 Å². The van der Waals surface area contributed by atoms with Crippen LogP contribution >= 0.6 is 11.6 Å². The Hall–Kier alpha value is -2.40. The Balaban J connectivity index is 1.52. The molecule has 2 amide bonds. The van der Waals surface area contributed by atoms with E-state index in [1.807, 2.05) is 42.8 Å². The van der Waals surface area contributed by atoms with Crippen LogP contribution in [0, 0.1) is 37.5 Å². The van der Waals surface area contributed by atoms with E-state index in [2.05, 4.69) is 17.3 Å². The summed E-state index contributed by atoms with van der Waals surface area (Å²) < 4.78 is 1.83. The topological polar surface area (TPSA) is 55.2 Å². The minimum Gasteiger partial charge on any atom is -0.274 e. The molecule has 1 saturated heterocycles. The zero-order chi connectivity index (χ0) is 18.9. The quantitative estimate of drug-likeness (QED) is 0.604. The second-order valence-corrected chi connectivity index (χ2v) is 8.19. The van der Waals surface area contributed by atoms with E-state index in [4.69, 9.17) is 11.6 Å². The van der Waals surface area contributed by atoms with Gasteiger partial charge in [-0.3, -0.25) is 14.3 Å². The second kappa shape index (κ2) is 5.80. The van der Waals surface area contributed by atoms with Gasteiger partial charge in [0.15, 0.2) is 0 Å². The predicted molar refractivity (Wildman–Crippen MR) is 102 cm³/mol. The lowest BCUT2D eigenvalue weighted by Gasteiger charge is -2.18. The number of allylic oxidation sites excluding steroid dienone is 2. The summed E-state index contributed by atoms with van der Waals surface area (Å²) in [6.07, 6.45) is 5.16. The Labute approximate surface area is 162 Å². The molecule has 2 bridgehead atoms. The average molecular weight is 382 g/mol. The van der Waals surface area contributed by atoms with Crippen molar-refractivity contribution >= 4 is 29.1 Å². The van der Waals surface area contributed by atoms with E-state index in [0.717, 1.165) is 17.7 Å². The molecule has 1 aromatic heterocycles. The Morgan fingerprint density at radius 3 is 2.33 bits per heavy atom. The molecule has 5 rings (SSSR count). The molecule has 1 saturated carbocycles. The van der Waals surface area contributed by atoms with E-state index in [9.17, 15) is 9.59 Å². The number of carbonyl (C=O) groups is 2. The van der Waals surface area contributed by atoms with Crippen molar-refractivity contribution < 1.29 is 9.59 Å². The summed E-state index contributed by atoms with van der Waals surface area (Å²) in [5.41, 5.74) is 3.11. The number of imide groups is 1. The maximum atomic E-state index is 13.1. The van der Waals surface area contributed by atoms with E-state index in [1.54, 1.807) is 0 Å². The lowest BCUT2D eigenvalue weighted by Crippen LogP contribution is -2.33. The standard InChI is InChI=1S/C21H20ClN3O2/c1-11-19(12(2)24(23-11)10-15-5-3-4-6-16(15)22)25-20(26)17-13-7-8-14(9-13)18(17)21(25)27/h3-8,13-14,17-18H,9-10H2,1-2H3/t13-,14-,17-,18+/m0/s1. The molecule has 2 aliphatic carbocycles. The van der Waals surface area contributed by atoms with Crippen LogP contribution in [0.25, 0.3) is 0 Å². The molecule has 1 aliphatic heterocycles. The number of aromatic nitrogens is 2. The van der Waals surface area contributed by atoms with Crippen molar-refractivity contribution in [3.63, 3.8) is 0 Å². The molecular weight excluding hydrogens is 362 g/mol. The summed E-state index contributed by atoms with van der Waals surface area (Å²) in [6, 6.07) is 7.63. The minimum absolute atomic E-state index is 0.0645. The van der Waals surface area contributed by atoms with Gasteiger partial charge in [-0.15, -0.1) is 0 Å². The zero-order valence-corrected chi connectivity index (χ0v) is 16.0. The third-order valence-electron chi connectivity index (χ3n) is 6.32. The third-order valence-corrected chi connectivity index (χ3v) is 6.68. The van der Waals surface area contributed by atoms with Gasteiger partial charge in [0.25, 0.3) is 0 Å². The monoisotopic (exact) mass is 381 g/mol. The number of benzene rings is 1.